The molecule has 1 atom stereocenters. The molecule has 0 bridgehead atoms. The molecule has 0 amide bonds. The summed E-state index contributed by atoms with van der Waals surface area (Å²) in [5.74, 6) is 0. The Morgan fingerprint density at radius 2 is 1.81 bits per heavy atom. The average molecular weight is 364 g/mol. The molecule has 1 heterocycles. The molecule has 1 aliphatic carbocycles. The van der Waals surface area contributed by atoms with Gasteiger partial charge in [-0.25, -0.2) is 0 Å². The lowest BCUT2D eigenvalue weighted by molar-refractivity contribution is 0.241. The van der Waals surface area contributed by atoms with Crippen LogP contribution in [0.3, 0.4) is 0 Å². The third-order valence-electron chi connectivity index (χ3n) is 4.90. The lowest BCUT2D eigenvalue weighted by Crippen LogP contribution is -2.48. The van der Waals surface area contributed by atoms with Gasteiger partial charge < -0.3 is 5.73 Å². The van der Waals surface area contributed by atoms with E-state index in [2.05, 4.69) is 57.7 Å². The Bertz CT molecular complexity index is 572. The van der Waals surface area contributed by atoms with Crippen LogP contribution in [0.25, 0.3) is 0 Å². The molecule has 0 aliphatic heterocycles. The van der Waals surface area contributed by atoms with Crippen molar-refractivity contribution < 1.29 is 0 Å². The van der Waals surface area contributed by atoms with Gasteiger partial charge in [-0.05, 0) is 52.2 Å². The SMILES string of the molecule is NC(Cc1sccc1Br)C1(c2ccccc2)CCCCC1. The van der Waals surface area contributed by atoms with Crippen LogP contribution in [0.15, 0.2) is 46.3 Å². The van der Waals surface area contributed by atoms with E-state index in [0.717, 1.165) is 6.42 Å². The molecule has 21 heavy (non-hydrogen) atoms. The van der Waals surface area contributed by atoms with Crippen LogP contribution in [-0.4, -0.2) is 6.04 Å². The first-order chi connectivity index (χ1) is 10.2. The normalized spacial score (nSPS) is 19.3. The summed E-state index contributed by atoms with van der Waals surface area (Å²) in [6.07, 6.45) is 7.36. The van der Waals surface area contributed by atoms with Crippen LogP contribution in [0.4, 0.5) is 0 Å². The second kappa shape index (κ2) is 6.64. The first kappa shape index (κ1) is 15.3. The van der Waals surface area contributed by atoms with E-state index in [9.17, 15) is 0 Å². The monoisotopic (exact) mass is 363 g/mol. The summed E-state index contributed by atoms with van der Waals surface area (Å²) in [4.78, 5) is 1.38. The Morgan fingerprint density at radius 1 is 1.10 bits per heavy atom. The highest BCUT2D eigenvalue weighted by Crippen LogP contribution is 2.43. The van der Waals surface area contributed by atoms with E-state index in [0.29, 0.717) is 0 Å². The van der Waals surface area contributed by atoms with Crippen molar-refractivity contribution in [3.63, 3.8) is 0 Å². The molecule has 1 unspecified atom stereocenters. The first-order valence-electron chi connectivity index (χ1n) is 7.75. The molecule has 0 spiro atoms. The molecular formula is C18H22BrNS. The van der Waals surface area contributed by atoms with Crippen LogP contribution >= 0.6 is 27.3 Å². The minimum absolute atomic E-state index is 0.156. The fourth-order valence-corrected chi connectivity index (χ4v) is 5.27. The summed E-state index contributed by atoms with van der Waals surface area (Å²) >= 11 is 5.46. The van der Waals surface area contributed by atoms with Crippen molar-refractivity contribution in [2.45, 2.75) is 50.0 Å². The van der Waals surface area contributed by atoms with E-state index in [-0.39, 0.29) is 11.5 Å². The van der Waals surface area contributed by atoms with E-state index in [1.165, 1.54) is 47.0 Å². The molecule has 0 radical (unpaired) electrons. The van der Waals surface area contributed by atoms with Crippen molar-refractivity contribution in [2.24, 2.45) is 5.73 Å². The minimum atomic E-state index is 0.156. The highest BCUT2D eigenvalue weighted by Gasteiger charge is 2.39. The number of benzene rings is 1. The van der Waals surface area contributed by atoms with Gasteiger partial charge in [-0.1, -0.05) is 49.6 Å². The van der Waals surface area contributed by atoms with Crippen LogP contribution in [0.2, 0.25) is 0 Å². The van der Waals surface area contributed by atoms with E-state index < -0.39 is 0 Å². The summed E-state index contributed by atoms with van der Waals surface area (Å²) in [6.45, 7) is 0. The number of halogens is 1. The second-order valence-corrected chi connectivity index (χ2v) is 7.94. The standard InChI is InChI=1S/C18H22BrNS/c19-15-9-12-21-16(15)13-17(20)18(10-5-2-6-11-18)14-7-3-1-4-8-14/h1,3-4,7-9,12,17H,2,5-6,10-11,13,20H2. The molecule has 3 rings (SSSR count). The van der Waals surface area contributed by atoms with E-state index in [1.807, 2.05) is 11.3 Å². The van der Waals surface area contributed by atoms with Gasteiger partial charge in [0.15, 0.2) is 0 Å². The predicted molar refractivity (Wildman–Crippen MR) is 94.9 cm³/mol. The highest BCUT2D eigenvalue weighted by atomic mass is 79.9. The highest BCUT2D eigenvalue weighted by molar-refractivity contribution is 9.10. The van der Waals surface area contributed by atoms with Gasteiger partial charge in [0.2, 0.25) is 0 Å². The van der Waals surface area contributed by atoms with Gasteiger partial charge in [0.05, 0.1) is 0 Å². The molecule has 2 N–H and O–H groups in total. The number of rotatable bonds is 4. The van der Waals surface area contributed by atoms with E-state index in [1.54, 1.807) is 0 Å². The first-order valence-corrected chi connectivity index (χ1v) is 9.43. The van der Waals surface area contributed by atoms with Crippen LogP contribution in [0.5, 0.6) is 0 Å². The molecule has 112 valence electrons. The Kier molecular flexibility index (Phi) is 4.82. The van der Waals surface area contributed by atoms with Crippen LogP contribution in [0.1, 0.15) is 42.5 Å². The van der Waals surface area contributed by atoms with Crippen molar-refractivity contribution in [2.75, 3.05) is 0 Å². The van der Waals surface area contributed by atoms with E-state index >= 15 is 0 Å². The number of hydrogen-bond donors (Lipinski definition) is 1. The molecule has 1 fully saturated rings. The van der Waals surface area contributed by atoms with Gasteiger partial charge >= 0.3 is 0 Å². The Balaban J connectivity index is 1.90. The van der Waals surface area contributed by atoms with Gasteiger partial charge in [0.25, 0.3) is 0 Å². The Morgan fingerprint density at radius 3 is 2.43 bits per heavy atom. The molecule has 3 heteroatoms. The minimum Gasteiger partial charge on any atom is -0.327 e. The van der Waals surface area contributed by atoms with Crippen LogP contribution in [0, 0.1) is 0 Å². The second-order valence-electron chi connectivity index (χ2n) is 6.09. The summed E-state index contributed by atoms with van der Waals surface area (Å²) in [7, 11) is 0. The molecule has 1 aromatic heterocycles. The van der Waals surface area contributed by atoms with Gasteiger partial charge in [-0.15, -0.1) is 11.3 Å². The molecule has 0 saturated heterocycles. The quantitative estimate of drug-likeness (QED) is 0.785. The molecule has 1 aliphatic rings. The maximum absolute atomic E-state index is 6.76. The van der Waals surface area contributed by atoms with Crippen molar-refractivity contribution in [1.82, 2.24) is 0 Å². The van der Waals surface area contributed by atoms with Crippen molar-refractivity contribution in [3.05, 3.63) is 56.7 Å². The molecule has 1 nitrogen and oxygen atoms in total. The average Bonchev–Trinajstić information content (AvgIpc) is 2.94. The lowest BCUT2D eigenvalue weighted by Gasteiger charge is -2.42. The van der Waals surface area contributed by atoms with Crippen molar-refractivity contribution >= 4 is 27.3 Å². The number of thiophene rings is 1. The fraction of sp³-hybridized carbons (Fsp3) is 0.444. The van der Waals surface area contributed by atoms with Gasteiger partial charge in [0.1, 0.15) is 0 Å². The summed E-state index contributed by atoms with van der Waals surface area (Å²) in [5.41, 5.74) is 8.35. The van der Waals surface area contributed by atoms with Crippen molar-refractivity contribution in [1.29, 1.82) is 0 Å². The number of nitrogens with two attached hydrogens (primary N) is 1. The zero-order valence-corrected chi connectivity index (χ0v) is 14.6. The van der Waals surface area contributed by atoms with E-state index in [4.69, 9.17) is 5.73 Å². The van der Waals surface area contributed by atoms with Gasteiger partial charge in [-0.3, -0.25) is 0 Å². The predicted octanol–water partition coefficient (Wildman–Crippen LogP) is 5.28. The molecule has 1 aromatic carbocycles. The van der Waals surface area contributed by atoms with Gasteiger partial charge in [0, 0.05) is 20.8 Å². The Labute approximate surface area is 139 Å². The maximum Gasteiger partial charge on any atom is 0.0314 e. The largest absolute Gasteiger partial charge is 0.327 e. The molecule has 2 aromatic rings. The fourth-order valence-electron chi connectivity index (χ4n) is 3.69. The smallest absolute Gasteiger partial charge is 0.0314 e. The zero-order valence-electron chi connectivity index (χ0n) is 12.2. The van der Waals surface area contributed by atoms with Crippen molar-refractivity contribution in [3.8, 4) is 0 Å². The number of hydrogen-bond acceptors (Lipinski definition) is 2. The summed E-state index contributed by atoms with van der Waals surface area (Å²) in [5, 5.41) is 2.14. The van der Waals surface area contributed by atoms with Gasteiger partial charge in [-0.2, -0.15) is 0 Å². The molecule has 1 saturated carbocycles. The Hall–Kier alpha value is -0.640. The zero-order chi connectivity index (χ0) is 14.7. The molecular weight excluding hydrogens is 342 g/mol. The third-order valence-corrected chi connectivity index (χ3v) is 6.85. The maximum atomic E-state index is 6.76. The lowest BCUT2D eigenvalue weighted by atomic mass is 9.64. The summed E-state index contributed by atoms with van der Waals surface area (Å²) in [6, 6.07) is 13.3. The summed E-state index contributed by atoms with van der Waals surface area (Å²) < 4.78 is 1.21. The third kappa shape index (κ3) is 3.10. The van der Waals surface area contributed by atoms with Crippen LogP contribution < -0.4 is 5.73 Å². The van der Waals surface area contributed by atoms with Crippen LogP contribution in [-0.2, 0) is 11.8 Å². The topological polar surface area (TPSA) is 26.0 Å².